The first-order chi connectivity index (χ1) is 8.61. The lowest BCUT2D eigenvalue weighted by Crippen LogP contribution is -2.18. The van der Waals surface area contributed by atoms with Crippen molar-refractivity contribution in [2.45, 2.75) is 12.3 Å². The second kappa shape index (κ2) is 5.05. The third-order valence-corrected chi connectivity index (χ3v) is 2.83. The van der Waals surface area contributed by atoms with Gasteiger partial charge in [0.2, 0.25) is 0 Å². The van der Waals surface area contributed by atoms with Crippen molar-refractivity contribution in [3.63, 3.8) is 0 Å². The van der Waals surface area contributed by atoms with Crippen LogP contribution in [0.4, 0.5) is 0 Å². The second-order valence-electron chi connectivity index (χ2n) is 4.05. The predicted octanol–water partition coefficient (Wildman–Crippen LogP) is 0.899. The van der Waals surface area contributed by atoms with Crippen LogP contribution in [-0.4, -0.2) is 29.7 Å². The molecule has 1 unspecified atom stereocenters. The van der Waals surface area contributed by atoms with Crippen molar-refractivity contribution in [1.29, 1.82) is 0 Å². The summed E-state index contributed by atoms with van der Waals surface area (Å²) >= 11 is 0. The van der Waals surface area contributed by atoms with Gasteiger partial charge in [-0.1, -0.05) is 6.07 Å². The molecule has 2 aromatic rings. The van der Waals surface area contributed by atoms with Crippen LogP contribution in [0.15, 0.2) is 27.4 Å². The number of benzene rings is 1. The van der Waals surface area contributed by atoms with E-state index in [2.05, 4.69) is 10.3 Å². The number of nitrogens with one attached hydrogen (secondary N) is 2. The highest BCUT2D eigenvalue weighted by atomic mass is 16.4. The van der Waals surface area contributed by atoms with Gasteiger partial charge in [0.15, 0.2) is 5.58 Å². The molecule has 1 atom stereocenters. The number of hydrogen-bond acceptors (Lipinski definition) is 4. The summed E-state index contributed by atoms with van der Waals surface area (Å²) in [7, 11) is 1.77. The number of aromatic amines is 1. The fourth-order valence-electron chi connectivity index (χ4n) is 1.91. The Morgan fingerprint density at radius 3 is 3.00 bits per heavy atom. The van der Waals surface area contributed by atoms with Crippen LogP contribution < -0.4 is 11.1 Å². The number of H-pyrrole nitrogens is 1. The number of carboxylic acids is 1. The highest BCUT2D eigenvalue weighted by molar-refractivity contribution is 5.79. The van der Waals surface area contributed by atoms with Crippen LogP contribution in [-0.2, 0) is 4.79 Å². The Hall–Kier alpha value is -2.08. The Morgan fingerprint density at radius 1 is 1.56 bits per heavy atom. The zero-order chi connectivity index (χ0) is 13.1. The molecule has 1 aromatic heterocycles. The van der Waals surface area contributed by atoms with Gasteiger partial charge < -0.3 is 14.8 Å². The van der Waals surface area contributed by atoms with E-state index in [0.717, 1.165) is 0 Å². The monoisotopic (exact) mass is 250 g/mol. The fourth-order valence-corrected chi connectivity index (χ4v) is 1.91. The van der Waals surface area contributed by atoms with E-state index >= 15 is 0 Å². The van der Waals surface area contributed by atoms with E-state index in [1.165, 1.54) is 0 Å². The number of hydrogen-bond donors (Lipinski definition) is 3. The van der Waals surface area contributed by atoms with Crippen LogP contribution in [0.25, 0.3) is 11.1 Å². The summed E-state index contributed by atoms with van der Waals surface area (Å²) < 4.78 is 4.87. The van der Waals surface area contributed by atoms with Crippen LogP contribution in [0.3, 0.4) is 0 Å². The minimum absolute atomic E-state index is 0.432. The lowest BCUT2D eigenvalue weighted by Gasteiger charge is -2.12. The summed E-state index contributed by atoms with van der Waals surface area (Å²) in [5.41, 5.74) is 1.61. The number of fused-ring (bicyclic) bond motifs is 1. The first kappa shape index (κ1) is 12.4. The van der Waals surface area contributed by atoms with Crippen molar-refractivity contribution in [3.8, 4) is 0 Å². The summed E-state index contributed by atoms with van der Waals surface area (Å²) in [5.74, 6) is -2.01. The van der Waals surface area contributed by atoms with E-state index in [1.54, 1.807) is 25.2 Å². The molecular weight excluding hydrogens is 236 g/mol. The average molecular weight is 250 g/mol. The minimum Gasteiger partial charge on any atom is -0.481 e. The number of aliphatic carboxylic acids is 1. The molecule has 1 heterocycles. The van der Waals surface area contributed by atoms with E-state index in [9.17, 15) is 14.7 Å². The van der Waals surface area contributed by atoms with Crippen LogP contribution in [0.2, 0.25) is 0 Å². The summed E-state index contributed by atoms with van der Waals surface area (Å²) in [4.78, 5) is 24.8. The molecule has 0 aliphatic rings. The van der Waals surface area contributed by atoms with E-state index in [-0.39, 0.29) is 0 Å². The first-order valence-corrected chi connectivity index (χ1v) is 5.62. The summed E-state index contributed by atoms with van der Waals surface area (Å²) in [5, 5.41) is 12.1. The molecule has 96 valence electrons. The first-order valence-electron chi connectivity index (χ1n) is 5.62. The Kier molecular flexibility index (Phi) is 3.47. The molecule has 0 spiro atoms. The third-order valence-electron chi connectivity index (χ3n) is 2.83. The molecule has 2 rings (SSSR count). The summed E-state index contributed by atoms with van der Waals surface area (Å²) in [6.07, 6.45) is 0.486. The lowest BCUT2D eigenvalue weighted by atomic mass is 9.95. The van der Waals surface area contributed by atoms with Gasteiger partial charge in [-0.05, 0) is 37.7 Å². The smallest absolute Gasteiger partial charge is 0.417 e. The average Bonchev–Trinajstić information content (AvgIpc) is 2.68. The van der Waals surface area contributed by atoms with Crippen LogP contribution in [0.1, 0.15) is 17.9 Å². The maximum Gasteiger partial charge on any atom is 0.417 e. The van der Waals surface area contributed by atoms with Crippen molar-refractivity contribution in [3.05, 3.63) is 34.3 Å². The number of rotatable bonds is 5. The van der Waals surface area contributed by atoms with Crippen molar-refractivity contribution in [1.82, 2.24) is 10.3 Å². The maximum atomic E-state index is 11.2. The summed E-state index contributed by atoms with van der Waals surface area (Å²) in [6, 6.07) is 4.93. The van der Waals surface area contributed by atoms with Crippen molar-refractivity contribution in [2.75, 3.05) is 13.6 Å². The van der Waals surface area contributed by atoms with Crippen LogP contribution in [0, 0.1) is 0 Å². The zero-order valence-electron chi connectivity index (χ0n) is 9.90. The van der Waals surface area contributed by atoms with E-state index in [1.807, 2.05) is 0 Å². The standard InChI is InChI=1S/C12H14N2O4/c1-13-5-4-8(11(15)16)7-2-3-10-9(6-7)14-12(17)18-10/h2-3,6,8,13H,4-5H2,1H3,(H,14,17)(H,15,16). The van der Waals surface area contributed by atoms with Gasteiger partial charge in [-0.2, -0.15) is 0 Å². The van der Waals surface area contributed by atoms with Gasteiger partial charge in [-0.15, -0.1) is 0 Å². The van der Waals surface area contributed by atoms with Crippen molar-refractivity contribution >= 4 is 17.1 Å². The number of oxazole rings is 1. The van der Waals surface area contributed by atoms with Crippen LogP contribution >= 0.6 is 0 Å². The third kappa shape index (κ3) is 2.43. The quantitative estimate of drug-likeness (QED) is 0.732. The summed E-state index contributed by atoms with van der Waals surface area (Å²) in [6.45, 7) is 0.608. The Morgan fingerprint density at radius 2 is 2.33 bits per heavy atom. The molecule has 0 bridgehead atoms. The van der Waals surface area contributed by atoms with E-state index in [0.29, 0.717) is 29.6 Å². The molecule has 6 heteroatoms. The van der Waals surface area contributed by atoms with Gasteiger partial charge in [-0.25, -0.2) is 4.79 Å². The Bertz CT molecular complexity index is 614. The second-order valence-corrected chi connectivity index (χ2v) is 4.05. The van der Waals surface area contributed by atoms with Gasteiger partial charge in [-0.3, -0.25) is 9.78 Å². The molecule has 3 N–H and O–H groups in total. The topological polar surface area (TPSA) is 95.3 Å². The molecule has 6 nitrogen and oxygen atoms in total. The van der Waals surface area contributed by atoms with Gasteiger partial charge in [0.25, 0.3) is 0 Å². The van der Waals surface area contributed by atoms with Crippen molar-refractivity contribution in [2.24, 2.45) is 0 Å². The molecule has 0 aliphatic heterocycles. The Balaban J connectivity index is 2.37. The Labute approximate surface area is 103 Å². The van der Waals surface area contributed by atoms with E-state index in [4.69, 9.17) is 4.42 Å². The molecule has 0 saturated carbocycles. The molecule has 0 aliphatic carbocycles. The van der Waals surface area contributed by atoms with Gasteiger partial charge >= 0.3 is 11.7 Å². The SMILES string of the molecule is CNCCC(C(=O)O)c1ccc2oc(=O)[nH]c2c1. The molecule has 0 fully saturated rings. The molecule has 0 saturated heterocycles. The largest absolute Gasteiger partial charge is 0.481 e. The highest BCUT2D eigenvalue weighted by Crippen LogP contribution is 2.23. The number of carboxylic acid groups (broad SMARTS) is 1. The minimum atomic E-state index is -0.879. The zero-order valence-corrected chi connectivity index (χ0v) is 9.90. The molecule has 18 heavy (non-hydrogen) atoms. The van der Waals surface area contributed by atoms with Gasteiger partial charge in [0, 0.05) is 0 Å². The highest BCUT2D eigenvalue weighted by Gasteiger charge is 2.20. The number of aromatic nitrogens is 1. The van der Waals surface area contributed by atoms with Gasteiger partial charge in [0.05, 0.1) is 11.4 Å². The van der Waals surface area contributed by atoms with E-state index < -0.39 is 17.6 Å². The lowest BCUT2D eigenvalue weighted by molar-refractivity contribution is -0.138. The van der Waals surface area contributed by atoms with Crippen molar-refractivity contribution < 1.29 is 14.3 Å². The van der Waals surface area contributed by atoms with Gasteiger partial charge in [0.1, 0.15) is 0 Å². The fraction of sp³-hybridized carbons (Fsp3) is 0.333. The maximum absolute atomic E-state index is 11.2. The van der Waals surface area contributed by atoms with Crippen LogP contribution in [0.5, 0.6) is 0 Å². The molecule has 0 radical (unpaired) electrons. The molecular formula is C12H14N2O4. The predicted molar refractivity (Wildman–Crippen MR) is 65.8 cm³/mol. The normalized spacial score (nSPS) is 12.7. The number of carbonyl (C=O) groups is 1. The molecule has 1 aromatic carbocycles. The molecule has 0 amide bonds.